The summed E-state index contributed by atoms with van der Waals surface area (Å²) in [4.78, 5) is 0. The number of hydrogen-bond acceptors (Lipinski definition) is 3. The highest BCUT2D eigenvalue weighted by Gasteiger charge is 2.05. The van der Waals surface area contributed by atoms with Crippen molar-refractivity contribution < 1.29 is 9.13 Å². The largest absolute Gasteiger partial charge is 0.486 e. The molecule has 0 unspecified atom stereocenters. The van der Waals surface area contributed by atoms with E-state index in [0.29, 0.717) is 17.9 Å². The first-order valence-electron chi connectivity index (χ1n) is 6.35. The van der Waals surface area contributed by atoms with E-state index in [0.717, 1.165) is 18.5 Å². The van der Waals surface area contributed by atoms with Crippen molar-refractivity contribution in [2.45, 2.75) is 33.0 Å². The van der Waals surface area contributed by atoms with Crippen LogP contribution in [0.3, 0.4) is 0 Å². The maximum atomic E-state index is 13.7. The van der Waals surface area contributed by atoms with E-state index in [1.165, 1.54) is 6.07 Å². The monoisotopic (exact) mass is 263 g/mol. The molecule has 19 heavy (non-hydrogen) atoms. The summed E-state index contributed by atoms with van der Waals surface area (Å²) in [6.45, 7) is 3.45. The number of nitrogens with two attached hydrogens (primary N) is 1. The van der Waals surface area contributed by atoms with Crippen LogP contribution in [-0.4, -0.2) is 9.78 Å². The molecule has 2 N–H and O–H groups in total. The lowest BCUT2D eigenvalue weighted by Crippen LogP contribution is -2.02. The minimum absolute atomic E-state index is 0.189. The van der Waals surface area contributed by atoms with E-state index >= 15 is 0 Å². The summed E-state index contributed by atoms with van der Waals surface area (Å²) in [5.74, 6) is 0.361. The molecule has 0 aliphatic heterocycles. The summed E-state index contributed by atoms with van der Waals surface area (Å²) < 4.78 is 21.0. The SMILES string of the molecule is CCCn1cc(OCc2ccc(CN)cc2F)cn1. The standard InChI is InChI=1S/C14H18FN3O/c1-2-5-18-9-13(8-17-18)19-10-12-4-3-11(7-16)6-14(12)15/h3-4,6,8-9H,2,5,7,10,16H2,1H3. The lowest BCUT2D eigenvalue weighted by Gasteiger charge is -2.06. The lowest BCUT2D eigenvalue weighted by atomic mass is 10.1. The van der Waals surface area contributed by atoms with Crippen LogP contribution in [0.15, 0.2) is 30.6 Å². The molecule has 0 amide bonds. The highest BCUT2D eigenvalue weighted by molar-refractivity contribution is 5.24. The third-order valence-electron chi connectivity index (χ3n) is 2.81. The summed E-state index contributed by atoms with van der Waals surface area (Å²) in [6, 6.07) is 4.95. The highest BCUT2D eigenvalue weighted by Crippen LogP contribution is 2.15. The second kappa shape index (κ2) is 6.33. The van der Waals surface area contributed by atoms with Gasteiger partial charge in [-0.2, -0.15) is 5.10 Å². The molecule has 4 nitrogen and oxygen atoms in total. The predicted molar refractivity (Wildman–Crippen MR) is 71.1 cm³/mol. The van der Waals surface area contributed by atoms with Gasteiger partial charge in [-0.1, -0.05) is 19.1 Å². The van der Waals surface area contributed by atoms with Gasteiger partial charge in [-0.15, -0.1) is 0 Å². The number of aryl methyl sites for hydroxylation is 1. The van der Waals surface area contributed by atoms with E-state index < -0.39 is 0 Å². The van der Waals surface area contributed by atoms with Crippen molar-refractivity contribution in [3.05, 3.63) is 47.5 Å². The van der Waals surface area contributed by atoms with Crippen molar-refractivity contribution >= 4 is 0 Å². The number of nitrogens with zero attached hydrogens (tertiary/aromatic N) is 2. The first kappa shape index (κ1) is 13.5. The lowest BCUT2D eigenvalue weighted by molar-refractivity contribution is 0.299. The fourth-order valence-corrected chi connectivity index (χ4v) is 1.77. The van der Waals surface area contributed by atoms with Crippen LogP contribution in [0.2, 0.25) is 0 Å². The van der Waals surface area contributed by atoms with Crippen molar-refractivity contribution in [3.63, 3.8) is 0 Å². The van der Waals surface area contributed by atoms with Gasteiger partial charge in [0, 0.05) is 18.7 Å². The van der Waals surface area contributed by atoms with Gasteiger partial charge in [-0.3, -0.25) is 4.68 Å². The van der Waals surface area contributed by atoms with Crippen LogP contribution < -0.4 is 10.5 Å². The van der Waals surface area contributed by atoms with E-state index in [4.69, 9.17) is 10.5 Å². The molecule has 0 aliphatic rings. The van der Waals surface area contributed by atoms with Crippen LogP contribution in [0.1, 0.15) is 24.5 Å². The molecule has 0 aliphatic carbocycles. The molecule has 0 radical (unpaired) electrons. The molecule has 5 heteroatoms. The molecular formula is C14H18FN3O. The summed E-state index contributed by atoms with van der Waals surface area (Å²) in [6.07, 6.45) is 4.47. The number of aromatic nitrogens is 2. The molecule has 102 valence electrons. The van der Waals surface area contributed by atoms with Crippen molar-refractivity contribution in [3.8, 4) is 5.75 Å². The Kier molecular flexibility index (Phi) is 4.52. The molecule has 0 saturated carbocycles. The van der Waals surface area contributed by atoms with E-state index in [1.54, 1.807) is 12.3 Å². The molecule has 0 saturated heterocycles. The summed E-state index contributed by atoms with van der Waals surface area (Å²) in [5, 5.41) is 4.15. The molecule has 0 bridgehead atoms. The van der Waals surface area contributed by atoms with Crippen molar-refractivity contribution in [1.29, 1.82) is 0 Å². The Morgan fingerprint density at radius 1 is 1.42 bits per heavy atom. The molecule has 1 aromatic carbocycles. The Morgan fingerprint density at radius 2 is 2.26 bits per heavy atom. The molecular weight excluding hydrogens is 245 g/mol. The number of rotatable bonds is 6. The van der Waals surface area contributed by atoms with Gasteiger partial charge in [0.2, 0.25) is 0 Å². The van der Waals surface area contributed by atoms with Gasteiger partial charge >= 0.3 is 0 Å². The van der Waals surface area contributed by atoms with Gasteiger partial charge in [0.15, 0.2) is 5.75 Å². The fourth-order valence-electron chi connectivity index (χ4n) is 1.77. The van der Waals surface area contributed by atoms with E-state index in [-0.39, 0.29) is 12.4 Å². The molecule has 2 aromatic rings. The average Bonchev–Trinajstić information content (AvgIpc) is 2.85. The van der Waals surface area contributed by atoms with Crippen LogP contribution in [0.25, 0.3) is 0 Å². The first-order valence-corrected chi connectivity index (χ1v) is 6.35. The average molecular weight is 263 g/mol. The highest BCUT2D eigenvalue weighted by atomic mass is 19.1. The zero-order valence-corrected chi connectivity index (χ0v) is 11.0. The van der Waals surface area contributed by atoms with E-state index in [2.05, 4.69) is 12.0 Å². The minimum Gasteiger partial charge on any atom is -0.486 e. The second-order valence-corrected chi connectivity index (χ2v) is 4.36. The van der Waals surface area contributed by atoms with E-state index in [9.17, 15) is 4.39 Å². The van der Waals surface area contributed by atoms with E-state index in [1.807, 2.05) is 16.9 Å². The zero-order valence-electron chi connectivity index (χ0n) is 11.0. The number of halogens is 1. The van der Waals surface area contributed by atoms with Gasteiger partial charge in [0.05, 0.1) is 12.4 Å². The van der Waals surface area contributed by atoms with Gasteiger partial charge in [-0.25, -0.2) is 4.39 Å². The van der Waals surface area contributed by atoms with Crippen molar-refractivity contribution in [2.24, 2.45) is 5.73 Å². The van der Waals surface area contributed by atoms with Crippen molar-refractivity contribution in [2.75, 3.05) is 0 Å². The normalized spacial score (nSPS) is 10.7. The van der Waals surface area contributed by atoms with Crippen molar-refractivity contribution in [1.82, 2.24) is 9.78 Å². The number of ether oxygens (including phenoxy) is 1. The third kappa shape index (κ3) is 3.54. The fraction of sp³-hybridized carbons (Fsp3) is 0.357. The van der Waals surface area contributed by atoms with Gasteiger partial charge in [0.25, 0.3) is 0 Å². The summed E-state index contributed by atoms with van der Waals surface area (Å²) in [7, 11) is 0. The summed E-state index contributed by atoms with van der Waals surface area (Å²) >= 11 is 0. The topological polar surface area (TPSA) is 53.1 Å². The van der Waals surface area contributed by atoms with Gasteiger partial charge in [-0.05, 0) is 18.1 Å². The summed E-state index contributed by atoms with van der Waals surface area (Å²) in [5.41, 5.74) is 6.75. The Balaban J connectivity index is 1.97. The third-order valence-corrected chi connectivity index (χ3v) is 2.81. The second-order valence-electron chi connectivity index (χ2n) is 4.36. The van der Waals surface area contributed by atoms with Crippen LogP contribution >= 0.6 is 0 Å². The van der Waals surface area contributed by atoms with Crippen LogP contribution in [0.5, 0.6) is 5.75 Å². The smallest absolute Gasteiger partial charge is 0.157 e. The molecule has 0 spiro atoms. The Labute approximate surface area is 112 Å². The predicted octanol–water partition coefficient (Wildman–Crippen LogP) is 2.47. The maximum absolute atomic E-state index is 13.7. The van der Waals surface area contributed by atoms with Gasteiger partial charge < -0.3 is 10.5 Å². The maximum Gasteiger partial charge on any atom is 0.157 e. The van der Waals surface area contributed by atoms with Crippen LogP contribution in [0, 0.1) is 5.82 Å². The Hall–Kier alpha value is -1.88. The molecule has 1 aromatic heterocycles. The molecule has 0 fully saturated rings. The zero-order chi connectivity index (χ0) is 13.7. The van der Waals surface area contributed by atoms with Crippen LogP contribution in [-0.2, 0) is 19.7 Å². The Morgan fingerprint density at radius 3 is 2.95 bits per heavy atom. The molecule has 0 atom stereocenters. The van der Waals surface area contributed by atoms with Crippen LogP contribution in [0.4, 0.5) is 4.39 Å². The Bertz CT molecular complexity index is 539. The number of hydrogen-bond donors (Lipinski definition) is 1. The minimum atomic E-state index is -0.288. The molecule has 1 heterocycles. The van der Waals surface area contributed by atoms with Gasteiger partial charge in [0.1, 0.15) is 12.4 Å². The quantitative estimate of drug-likeness (QED) is 0.871. The first-order chi connectivity index (χ1) is 9.22. The number of benzene rings is 1. The molecule has 2 rings (SSSR count).